The molecule has 0 saturated carbocycles. The van der Waals surface area contributed by atoms with E-state index in [9.17, 15) is 4.79 Å². The van der Waals surface area contributed by atoms with Crippen LogP contribution in [0.2, 0.25) is 0 Å². The highest BCUT2D eigenvalue weighted by Gasteiger charge is 2.25. The summed E-state index contributed by atoms with van der Waals surface area (Å²) < 4.78 is 4.95. The quantitative estimate of drug-likeness (QED) is 0.588. The minimum Gasteiger partial charge on any atom is -0.383 e. The third kappa shape index (κ3) is 5.69. The van der Waals surface area contributed by atoms with Gasteiger partial charge in [-0.3, -0.25) is 4.79 Å². The van der Waals surface area contributed by atoms with Crippen molar-refractivity contribution in [1.82, 2.24) is 10.2 Å². The average Bonchev–Trinajstić information content (AvgIpc) is 2.99. The predicted molar refractivity (Wildman–Crippen MR) is 86.6 cm³/mol. The molecule has 116 valence electrons. The minimum atomic E-state index is 0.207. The summed E-state index contributed by atoms with van der Waals surface area (Å²) in [6.07, 6.45) is 1.11. The van der Waals surface area contributed by atoms with Gasteiger partial charge in [0.1, 0.15) is 0 Å². The first-order valence-electron chi connectivity index (χ1n) is 7.45. The summed E-state index contributed by atoms with van der Waals surface area (Å²) in [5.74, 6) is 1.90. The summed E-state index contributed by atoms with van der Waals surface area (Å²) in [6.45, 7) is 3.57. The van der Waals surface area contributed by atoms with Crippen molar-refractivity contribution < 1.29 is 9.53 Å². The highest BCUT2D eigenvalue weighted by Crippen LogP contribution is 2.25. The van der Waals surface area contributed by atoms with Crippen LogP contribution in [0, 0.1) is 5.92 Å². The van der Waals surface area contributed by atoms with Gasteiger partial charge in [0, 0.05) is 37.4 Å². The maximum atomic E-state index is 12.0. The Kier molecular flexibility index (Phi) is 7.06. The second kappa shape index (κ2) is 9.07. The van der Waals surface area contributed by atoms with Crippen LogP contribution in [0.15, 0.2) is 35.2 Å². The number of amides is 1. The van der Waals surface area contributed by atoms with E-state index in [0.29, 0.717) is 19.1 Å². The minimum absolute atomic E-state index is 0.207. The Labute approximate surface area is 131 Å². The fourth-order valence-electron chi connectivity index (χ4n) is 2.41. The number of carbonyl (C=O) groups excluding carboxylic acids is 1. The second-order valence-electron chi connectivity index (χ2n) is 5.29. The molecule has 1 unspecified atom stereocenters. The van der Waals surface area contributed by atoms with Gasteiger partial charge in [-0.2, -0.15) is 0 Å². The van der Waals surface area contributed by atoms with Gasteiger partial charge in [0.25, 0.3) is 0 Å². The summed E-state index contributed by atoms with van der Waals surface area (Å²) in [7, 11) is 1.67. The number of nitrogens with zero attached hydrogens (tertiary/aromatic N) is 1. The number of thioether (sulfide) groups is 1. The third-order valence-electron chi connectivity index (χ3n) is 3.63. The van der Waals surface area contributed by atoms with Crippen LogP contribution in [-0.4, -0.2) is 56.5 Å². The van der Waals surface area contributed by atoms with Gasteiger partial charge >= 0.3 is 0 Å². The number of hydrogen-bond acceptors (Lipinski definition) is 4. The molecule has 1 amide bonds. The van der Waals surface area contributed by atoms with Gasteiger partial charge in [-0.05, 0) is 24.5 Å². The molecule has 1 aromatic carbocycles. The maximum absolute atomic E-state index is 12.0. The van der Waals surface area contributed by atoms with Gasteiger partial charge in [-0.25, -0.2) is 0 Å². The molecular formula is C16H24N2O2S. The Morgan fingerprint density at radius 3 is 3.00 bits per heavy atom. The van der Waals surface area contributed by atoms with Gasteiger partial charge in [0.2, 0.25) is 5.91 Å². The topological polar surface area (TPSA) is 41.6 Å². The largest absolute Gasteiger partial charge is 0.383 e. The Balaban J connectivity index is 1.65. The van der Waals surface area contributed by atoms with Crippen LogP contribution in [0.3, 0.4) is 0 Å². The molecule has 0 spiro atoms. The van der Waals surface area contributed by atoms with Crippen molar-refractivity contribution in [3.63, 3.8) is 0 Å². The molecule has 1 saturated heterocycles. The summed E-state index contributed by atoms with van der Waals surface area (Å²) in [4.78, 5) is 15.3. The number of hydrogen-bond donors (Lipinski definition) is 1. The van der Waals surface area contributed by atoms with E-state index >= 15 is 0 Å². The number of benzene rings is 1. The fourth-order valence-corrected chi connectivity index (χ4v) is 3.46. The zero-order valence-corrected chi connectivity index (χ0v) is 13.4. The Morgan fingerprint density at radius 1 is 1.43 bits per heavy atom. The van der Waals surface area contributed by atoms with Crippen LogP contribution in [0.4, 0.5) is 0 Å². The van der Waals surface area contributed by atoms with Gasteiger partial charge < -0.3 is 15.0 Å². The lowest BCUT2D eigenvalue weighted by Gasteiger charge is -2.17. The number of likely N-dealkylation sites (tertiary alicyclic amines) is 1. The van der Waals surface area contributed by atoms with Crippen LogP contribution in [0.1, 0.15) is 6.42 Å². The molecule has 1 N–H and O–H groups in total. The van der Waals surface area contributed by atoms with Crippen molar-refractivity contribution >= 4 is 17.7 Å². The van der Waals surface area contributed by atoms with Crippen LogP contribution in [0.25, 0.3) is 0 Å². The van der Waals surface area contributed by atoms with E-state index in [2.05, 4.69) is 29.6 Å². The molecule has 1 aliphatic rings. The van der Waals surface area contributed by atoms with E-state index in [1.807, 2.05) is 22.7 Å². The SMILES string of the molecule is COCCNCC(=O)N1CCC(CSc2ccccc2)C1. The van der Waals surface area contributed by atoms with Gasteiger partial charge in [-0.1, -0.05) is 18.2 Å². The molecule has 1 aromatic rings. The van der Waals surface area contributed by atoms with Crippen LogP contribution < -0.4 is 5.32 Å². The fraction of sp³-hybridized carbons (Fsp3) is 0.562. The van der Waals surface area contributed by atoms with Crippen molar-refractivity contribution in [2.75, 3.05) is 45.6 Å². The molecule has 1 heterocycles. The van der Waals surface area contributed by atoms with Crippen LogP contribution in [0.5, 0.6) is 0 Å². The Hall–Kier alpha value is -1.04. The smallest absolute Gasteiger partial charge is 0.236 e. The summed E-state index contributed by atoms with van der Waals surface area (Å²) in [6, 6.07) is 10.5. The Bertz CT molecular complexity index is 428. The molecule has 1 fully saturated rings. The number of rotatable bonds is 8. The molecule has 1 aliphatic heterocycles. The number of methoxy groups -OCH3 is 1. The van der Waals surface area contributed by atoms with Gasteiger partial charge in [0.15, 0.2) is 0 Å². The van der Waals surface area contributed by atoms with Crippen LogP contribution in [-0.2, 0) is 9.53 Å². The van der Waals surface area contributed by atoms with Crippen molar-refractivity contribution in [2.24, 2.45) is 5.92 Å². The molecule has 1 atom stereocenters. The number of ether oxygens (including phenoxy) is 1. The maximum Gasteiger partial charge on any atom is 0.236 e. The second-order valence-corrected chi connectivity index (χ2v) is 6.38. The molecule has 0 radical (unpaired) electrons. The van der Waals surface area contributed by atoms with Crippen molar-refractivity contribution in [2.45, 2.75) is 11.3 Å². The zero-order valence-electron chi connectivity index (χ0n) is 12.6. The molecule has 0 aliphatic carbocycles. The predicted octanol–water partition coefficient (Wildman–Crippen LogP) is 1.86. The highest BCUT2D eigenvalue weighted by molar-refractivity contribution is 7.99. The first-order valence-corrected chi connectivity index (χ1v) is 8.43. The standard InChI is InChI=1S/C16H24N2O2S/c1-20-10-8-17-11-16(19)18-9-7-14(12-18)13-21-15-5-3-2-4-6-15/h2-6,14,17H,7-13H2,1H3. The third-order valence-corrected chi connectivity index (χ3v) is 4.87. The van der Waals surface area contributed by atoms with E-state index in [1.165, 1.54) is 4.90 Å². The van der Waals surface area contributed by atoms with E-state index in [-0.39, 0.29) is 5.91 Å². The molecule has 21 heavy (non-hydrogen) atoms. The number of carbonyl (C=O) groups is 1. The molecule has 0 aromatic heterocycles. The molecule has 2 rings (SSSR count). The summed E-state index contributed by atoms with van der Waals surface area (Å²) in [5.41, 5.74) is 0. The zero-order chi connectivity index (χ0) is 14.9. The lowest BCUT2D eigenvalue weighted by molar-refractivity contribution is -0.129. The first kappa shape index (κ1) is 16.3. The van der Waals surface area contributed by atoms with Gasteiger partial charge in [0.05, 0.1) is 13.2 Å². The highest BCUT2D eigenvalue weighted by atomic mass is 32.2. The van der Waals surface area contributed by atoms with Crippen molar-refractivity contribution in [3.05, 3.63) is 30.3 Å². The van der Waals surface area contributed by atoms with E-state index < -0.39 is 0 Å². The summed E-state index contributed by atoms with van der Waals surface area (Å²) >= 11 is 1.89. The van der Waals surface area contributed by atoms with Crippen molar-refractivity contribution in [1.29, 1.82) is 0 Å². The average molecular weight is 308 g/mol. The first-order chi connectivity index (χ1) is 10.3. The van der Waals surface area contributed by atoms with E-state index in [4.69, 9.17) is 4.74 Å². The Morgan fingerprint density at radius 2 is 2.24 bits per heavy atom. The normalized spacial score (nSPS) is 18.1. The lowest BCUT2D eigenvalue weighted by atomic mass is 10.2. The van der Waals surface area contributed by atoms with Crippen molar-refractivity contribution in [3.8, 4) is 0 Å². The molecular weight excluding hydrogens is 284 g/mol. The van der Waals surface area contributed by atoms with E-state index in [1.54, 1.807) is 7.11 Å². The number of nitrogens with one attached hydrogen (secondary N) is 1. The molecule has 0 bridgehead atoms. The molecule has 5 heteroatoms. The van der Waals surface area contributed by atoms with Crippen LogP contribution >= 0.6 is 11.8 Å². The molecule has 4 nitrogen and oxygen atoms in total. The lowest BCUT2D eigenvalue weighted by Crippen LogP contribution is -2.37. The summed E-state index contributed by atoms with van der Waals surface area (Å²) in [5, 5.41) is 3.11. The van der Waals surface area contributed by atoms with E-state index in [0.717, 1.165) is 31.8 Å². The van der Waals surface area contributed by atoms with Gasteiger partial charge in [-0.15, -0.1) is 11.8 Å². The monoisotopic (exact) mass is 308 g/mol.